The molecule has 110 valence electrons. The highest BCUT2D eigenvalue weighted by Crippen LogP contribution is 2.29. The van der Waals surface area contributed by atoms with Gasteiger partial charge in [-0.2, -0.15) is 13.2 Å². The highest BCUT2D eigenvalue weighted by Gasteiger charge is 2.30. The molecule has 0 unspecified atom stereocenters. The number of alkyl halides is 3. The number of aliphatic imine (C=N–C) groups is 1. The van der Waals surface area contributed by atoms with E-state index in [9.17, 15) is 13.2 Å². The van der Waals surface area contributed by atoms with Crippen LogP contribution in [0, 0.1) is 0 Å². The first kappa shape index (κ1) is 14.9. The maximum Gasteiger partial charge on any atom is 0.416 e. The molecule has 0 aliphatic carbocycles. The zero-order chi connectivity index (χ0) is 15.3. The molecule has 0 aromatic heterocycles. The van der Waals surface area contributed by atoms with Gasteiger partial charge in [-0.3, -0.25) is 0 Å². The molecule has 0 saturated heterocycles. The van der Waals surface area contributed by atoms with Gasteiger partial charge in [0.2, 0.25) is 0 Å². The normalized spacial score (nSPS) is 12.2. The van der Waals surface area contributed by atoms with Crippen LogP contribution in [-0.4, -0.2) is 5.96 Å². The number of halogens is 3. The van der Waals surface area contributed by atoms with Crippen molar-refractivity contribution in [2.24, 2.45) is 10.7 Å². The van der Waals surface area contributed by atoms with E-state index in [1.165, 1.54) is 6.07 Å². The summed E-state index contributed by atoms with van der Waals surface area (Å²) < 4.78 is 37.7. The highest BCUT2D eigenvalue weighted by molar-refractivity contribution is 5.92. The Morgan fingerprint density at radius 1 is 1.05 bits per heavy atom. The fraction of sp³-hybridized carbons (Fsp3) is 0.133. The fourth-order valence-electron chi connectivity index (χ4n) is 1.73. The van der Waals surface area contributed by atoms with Crippen LogP contribution in [-0.2, 0) is 12.7 Å². The maximum absolute atomic E-state index is 12.6. The number of para-hydroxylation sites is 1. The second-order valence-corrected chi connectivity index (χ2v) is 4.39. The Morgan fingerprint density at radius 2 is 1.76 bits per heavy atom. The van der Waals surface area contributed by atoms with Crippen molar-refractivity contribution in [3.05, 3.63) is 65.7 Å². The van der Waals surface area contributed by atoms with E-state index < -0.39 is 11.7 Å². The van der Waals surface area contributed by atoms with E-state index in [0.717, 1.165) is 17.8 Å². The van der Waals surface area contributed by atoms with Crippen LogP contribution in [0.1, 0.15) is 11.1 Å². The molecular formula is C15H14F3N3. The predicted octanol–water partition coefficient (Wildman–Crippen LogP) is 3.63. The summed E-state index contributed by atoms with van der Waals surface area (Å²) in [7, 11) is 0. The minimum absolute atomic E-state index is 0.0790. The second kappa shape index (κ2) is 6.30. The van der Waals surface area contributed by atoms with E-state index in [2.05, 4.69) is 10.3 Å². The topological polar surface area (TPSA) is 50.4 Å². The molecule has 6 heteroatoms. The molecule has 0 saturated carbocycles. The zero-order valence-corrected chi connectivity index (χ0v) is 11.1. The highest BCUT2D eigenvalue weighted by atomic mass is 19.4. The summed E-state index contributed by atoms with van der Waals surface area (Å²) in [4.78, 5) is 4.03. The summed E-state index contributed by atoms with van der Waals surface area (Å²) in [6.45, 7) is 0.0790. The van der Waals surface area contributed by atoms with Gasteiger partial charge in [0.1, 0.15) is 0 Å². The third-order valence-corrected chi connectivity index (χ3v) is 2.73. The summed E-state index contributed by atoms with van der Waals surface area (Å²) >= 11 is 0. The van der Waals surface area contributed by atoms with Gasteiger partial charge >= 0.3 is 6.18 Å². The molecule has 0 bridgehead atoms. The minimum Gasteiger partial charge on any atom is -0.370 e. The van der Waals surface area contributed by atoms with Crippen molar-refractivity contribution >= 4 is 11.6 Å². The predicted molar refractivity (Wildman–Crippen MR) is 76.8 cm³/mol. The van der Waals surface area contributed by atoms with Gasteiger partial charge in [0, 0.05) is 5.69 Å². The molecular weight excluding hydrogens is 279 g/mol. The second-order valence-electron chi connectivity index (χ2n) is 4.39. The van der Waals surface area contributed by atoms with Gasteiger partial charge in [0.25, 0.3) is 0 Å². The number of rotatable bonds is 3. The Balaban J connectivity index is 2.03. The molecule has 2 rings (SSSR count). The number of anilines is 1. The van der Waals surface area contributed by atoms with E-state index >= 15 is 0 Å². The Morgan fingerprint density at radius 3 is 2.43 bits per heavy atom. The summed E-state index contributed by atoms with van der Waals surface area (Å²) in [5.41, 5.74) is 6.22. The van der Waals surface area contributed by atoms with Crippen molar-refractivity contribution in [1.29, 1.82) is 0 Å². The van der Waals surface area contributed by atoms with Crippen LogP contribution in [0.15, 0.2) is 59.6 Å². The number of benzene rings is 2. The summed E-state index contributed by atoms with van der Waals surface area (Å²) in [5, 5.41) is 2.86. The van der Waals surface area contributed by atoms with Crippen LogP contribution in [0.3, 0.4) is 0 Å². The molecule has 0 heterocycles. The van der Waals surface area contributed by atoms with Crippen molar-refractivity contribution in [3.63, 3.8) is 0 Å². The van der Waals surface area contributed by atoms with E-state index in [4.69, 9.17) is 5.73 Å². The quantitative estimate of drug-likeness (QED) is 0.670. The van der Waals surface area contributed by atoms with Crippen LogP contribution in [0.5, 0.6) is 0 Å². The van der Waals surface area contributed by atoms with Crippen molar-refractivity contribution in [2.45, 2.75) is 12.7 Å². The summed E-state index contributed by atoms with van der Waals surface area (Å²) in [5.74, 6) is 0.151. The summed E-state index contributed by atoms with van der Waals surface area (Å²) in [6.07, 6.45) is -4.35. The molecule has 0 amide bonds. The Labute approximate surface area is 120 Å². The lowest BCUT2D eigenvalue weighted by atomic mass is 10.1. The van der Waals surface area contributed by atoms with Crippen molar-refractivity contribution in [3.8, 4) is 0 Å². The van der Waals surface area contributed by atoms with Crippen LogP contribution in [0.4, 0.5) is 18.9 Å². The van der Waals surface area contributed by atoms with Gasteiger partial charge in [0.05, 0.1) is 12.1 Å². The van der Waals surface area contributed by atoms with Crippen LogP contribution in [0.25, 0.3) is 0 Å². The monoisotopic (exact) mass is 293 g/mol. The molecule has 3 N–H and O–H groups in total. The first-order valence-corrected chi connectivity index (χ1v) is 6.23. The van der Waals surface area contributed by atoms with Crippen molar-refractivity contribution in [2.75, 3.05) is 5.32 Å². The molecule has 2 aromatic carbocycles. The van der Waals surface area contributed by atoms with Gasteiger partial charge < -0.3 is 11.1 Å². The van der Waals surface area contributed by atoms with Crippen LogP contribution in [0.2, 0.25) is 0 Å². The number of hydrogen-bond acceptors (Lipinski definition) is 1. The molecule has 2 aromatic rings. The van der Waals surface area contributed by atoms with Gasteiger partial charge in [-0.25, -0.2) is 4.99 Å². The summed E-state index contributed by atoms with van der Waals surface area (Å²) in [6, 6.07) is 14.2. The number of nitrogens with one attached hydrogen (secondary N) is 1. The molecule has 0 aliphatic heterocycles. The molecule has 0 radical (unpaired) electrons. The zero-order valence-electron chi connectivity index (χ0n) is 11.1. The van der Waals surface area contributed by atoms with Crippen LogP contribution < -0.4 is 11.1 Å². The largest absolute Gasteiger partial charge is 0.416 e. The average molecular weight is 293 g/mol. The third-order valence-electron chi connectivity index (χ3n) is 2.73. The average Bonchev–Trinajstić information content (AvgIpc) is 2.46. The first-order valence-electron chi connectivity index (χ1n) is 6.23. The Hall–Kier alpha value is -2.50. The number of hydrogen-bond donors (Lipinski definition) is 2. The number of nitrogens with two attached hydrogens (primary N) is 1. The standard InChI is InChI=1S/C15H14F3N3/c16-15(17,18)12-6-4-5-11(9-12)10-20-14(19)21-13-7-2-1-3-8-13/h1-9H,10H2,(H3,19,20,21). The van der Waals surface area contributed by atoms with Gasteiger partial charge in [0.15, 0.2) is 5.96 Å². The molecule has 21 heavy (non-hydrogen) atoms. The minimum atomic E-state index is -4.35. The van der Waals surface area contributed by atoms with Crippen molar-refractivity contribution < 1.29 is 13.2 Å². The maximum atomic E-state index is 12.6. The van der Waals surface area contributed by atoms with Gasteiger partial charge in [-0.15, -0.1) is 0 Å². The number of nitrogens with zero attached hydrogens (tertiary/aromatic N) is 1. The van der Waals surface area contributed by atoms with E-state index in [-0.39, 0.29) is 12.5 Å². The number of guanidine groups is 1. The molecule has 0 atom stereocenters. The van der Waals surface area contributed by atoms with Crippen molar-refractivity contribution in [1.82, 2.24) is 0 Å². The Kier molecular flexibility index (Phi) is 4.47. The fourth-order valence-corrected chi connectivity index (χ4v) is 1.73. The van der Waals surface area contributed by atoms with Gasteiger partial charge in [-0.1, -0.05) is 30.3 Å². The lowest BCUT2D eigenvalue weighted by molar-refractivity contribution is -0.137. The van der Waals surface area contributed by atoms with Crippen LogP contribution >= 0.6 is 0 Å². The molecule has 0 spiro atoms. The first-order chi connectivity index (χ1) is 9.95. The smallest absolute Gasteiger partial charge is 0.370 e. The van der Waals surface area contributed by atoms with Gasteiger partial charge in [-0.05, 0) is 29.8 Å². The molecule has 0 aliphatic rings. The lowest BCUT2D eigenvalue weighted by Crippen LogP contribution is -2.22. The molecule has 3 nitrogen and oxygen atoms in total. The molecule has 0 fully saturated rings. The van der Waals surface area contributed by atoms with E-state index in [1.807, 2.05) is 30.3 Å². The van der Waals surface area contributed by atoms with E-state index in [1.54, 1.807) is 6.07 Å². The lowest BCUT2D eigenvalue weighted by Gasteiger charge is -2.08. The third kappa shape index (κ3) is 4.52. The van der Waals surface area contributed by atoms with E-state index in [0.29, 0.717) is 5.56 Å². The SMILES string of the molecule is NC(=NCc1cccc(C(F)(F)F)c1)Nc1ccccc1. The Bertz CT molecular complexity index is 622.